The molecule has 0 atom stereocenters. The number of carbonyl (C=O) groups is 1. The summed E-state index contributed by atoms with van der Waals surface area (Å²) in [5.74, 6) is -0.198. The smallest absolute Gasteiger partial charge is 0.349 e. The lowest BCUT2D eigenvalue weighted by atomic mass is 10.1. The molecule has 0 saturated heterocycles. The number of hydrogen-bond acceptors (Lipinski definition) is 9. The number of nitrogens with one attached hydrogen (secondary N) is 1. The van der Waals surface area contributed by atoms with Gasteiger partial charge in [0.25, 0.3) is 5.91 Å². The molecule has 0 fully saturated rings. The monoisotopic (exact) mass is 455 g/mol. The first-order valence-corrected chi connectivity index (χ1v) is 11.2. The highest BCUT2D eigenvalue weighted by atomic mass is 32.2. The number of rotatable bonds is 6. The molecular weight excluding hydrogens is 438 g/mol. The molecule has 4 aromatic rings. The van der Waals surface area contributed by atoms with Crippen LogP contribution in [0.1, 0.15) is 21.8 Å². The molecule has 2 heterocycles. The van der Waals surface area contributed by atoms with Crippen molar-refractivity contribution in [3.63, 3.8) is 0 Å². The lowest BCUT2D eigenvalue weighted by molar-refractivity contribution is 0.102. The van der Waals surface area contributed by atoms with Crippen LogP contribution >= 0.6 is 0 Å². The molecule has 0 spiro atoms. The predicted octanol–water partition coefficient (Wildman–Crippen LogP) is 2.43. The molecule has 0 aliphatic heterocycles. The number of anilines is 1. The summed E-state index contributed by atoms with van der Waals surface area (Å²) in [6.45, 7) is 0. The van der Waals surface area contributed by atoms with Gasteiger partial charge >= 0.3 is 11.6 Å². The maximum Gasteiger partial charge on any atom is 0.349 e. The van der Waals surface area contributed by atoms with Crippen molar-refractivity contribution in [2.45, 2.75) is 11.3 Å². The number of methoxy groups -OCH3 is 1. The van der Waals surface area contributed by atoms with E-state index in [9.17, 15) is 18.0 Å². The molecule has 0 bridgehead atoms. The second kappa shape index (κ2) is 8.27. The van der Waals surface area contributed by atoms with E-state index in [0.29, 0.717) is 11.1 Å². The first-order chi connectivity index (χ1) is 15.2. The average Bonchev–Trinajstić information content (AvgIpc) is 3.19. The number of carbonyl (C=O) groups excluding carboxylic acids is 1. The van der Waals surface area contributed by atoms with Crippen LogP contribution in [-0.4, -0.2) is 37.9 Å². The van der Waals surface area contributed by atoms with E-state index in [2.05, 4.69) is 15.5 Å². The standard InChI is InChI=1S/C21H17N3O7S/c1-29-16-5-3-4-13-11-15(20(26)31-18(13)16)19(25)22-21-24-23-17(30-21)10-12-6-8-14(9-7-12)32(2,27)28/h3-9,11H,10H2,1-2H3,(H,22,24,25). The summed E-state index contributed by atoms with van der Waals surface area (Å²) in [7, 11) is -1.84. The Labute approximate surface area is 181 Å². The van der Waals surface area contributed by atoms with Crippen molar-refractivity contribution in [2.24, 2.45) is 0 Å². The van der Waals surface area contributed by atoms with Crippen molar-refractivity contribution in [1.82, 2.24) is 10.2 Å². The highest BCUT2D eigenvalue weighted by Gasteiger charge is 2.18. The molecule has 32 heavy (non-hydrogen) atoms. The van der Waals surface area contributed by atoms with Gasteiger partial charge in [-0.1, -0.05) is 29.4 Å². The number of benzene rings is 2. The van der Waals surface area contributed by atoms with Crippen LogP contribution in [0.5, 0.6) is 5.75 Å². The van der Waals surface area contributed by atoms with E-state index >= 15 is 0 Å². The number of amides is 1. The van der Waals surface area contributed by atoms with Crippen LogP contribution in [0, 0.1) is 0 Å². The van der Waals surface area contributed by atoms with Crippen molar-refractivity contribution in [3.8, 4) is 5.75 Å². The second-order valence-electron chi connectivity index (χ2n) is 6.87. The van der Waals surface area contributed by atoms with Gasteiger partial charge in [0.2, 0.25) is 5.89 Å². The zero-order valence-electron chi connectivity index (χ0n) is 17.0. The first kappa shape index (κ1) is 21.2. The van der Waals surface area contributed by atoms with E-state index in [-0.39, 0.29) is 34.4 Å². The van der Waals surface area contributed by atoms with E-state index in [1.165, 1.54) is 25.3 Å². The van der Waals surface area contributed by atoms with Gasteiger partial charge in [0.15, 0.2) is 21.2 Å². The number of sulfone groups is 1. The normalized spacial score (nSPS) is 11.4. The minimum absolute atomic E-state index is 0.192. The van der Waals surface area contributed by atoms with Gasteiger partial charge in [0.1, 0.15) is 5.56 Å². The van der Waals surface area contributed by atoms with Gasteiger partial charge in [-0.15, -0.1) is 5.10 Å². The van der Waals surface area contributed by atoms with Gasteiger partial charge in [-0.05, 0) is 29.8 Å². The summed E-state index contributed by atoms with van der Waals surface area (Å²) in [6.07, 6.45) is 1.35. The number of nitrogens with zero attached hydrogens (tertiary/aromatic N) is 2. The lowest BCUT2D eigenvalue weighted by Crippen LogP contribution is -2.20. The lowest BCUT2D eigenvalue weighted by Gasteiger charge is -2.05. The van der Waals surface area contributed by atoms with Crippen LogP contribution in [-0.2, 0) is 16.3 Å². The summed E-state index contributed by atoms with van der Waals surface area (Å²) >= 11 is 0. The zero-order valence-corrected chi connectivity index (χ0v) is 17.8. The maximum absolute atomic E-state index is 12.5. The Morgan fingerprint density at radius 1 is 1.09 bits per heavy atom. The van der Waals surface area contributed by atoms with Crippen LogP contribution < -0.4 is 15.7 Å². The van der Waals surface area contributed by atoms with Crippen molar-refractivity contribution < 1.29 is 26.8 Å². The molecule has 1 N–H and O–H groups in total. The molecule has 4 rings (SSSR count). The van der Waals surface area contributed by atoms with E-state index in [0.717, 1.165) is 11.8 Å². The Bertz CT molecular complexity index is 1470. The van der Waals surface area contributed by atoms with E-state index in [4.69, 9.17) is 13.6 Å². The fourth-order valence-corrected chi connectivity index (χ4v) is 3.64. The Kier molecular flexibility index (Phi) is 5.49. The number of aromatic nitrogens is 2. The molecule has 1 amide bonds. The van der Waals surface area contributed by atoms with E-state index in [1.54, 1.807) is 30.3 Å². The van der Waals surface area contributed by atoms with E-state index < -0.39 is 21.4 Å². The van der Waals surface area contributed by atoms with Gasteiger partial charge in [-0.3, -0.25) is 10.1 Å². The molecule has 164 valence electrons. The Balaban J connectivity index is 1.50. The van der Waals surface area contributed by atoms with Crippen molar-refractivity contribution in [3.05, 3.63) is 76.0 Å². The van der Waals surface area contributed by atoms with Crippen LogP contribution in [0.2, 0.25) is 0 Å². The van der Waals surface area contributed by atoms with Crippen LogP contribution in [0.4, 0.5) is 6.01 Å². The maximum atomic E-state index is 12.5. The van der Waals surface area contributed by atoms with Crippen molar-refractivity contribution in [2.75, 3.05) is 18.7 Å². The molecule has 2 aromatic heterocycles. The Hall–Kier alpha value is -3.99. The van der Waals surface area contributed by atoms with Gasteiger partial charge in [-0.2, -0.15) is 0 Å². The fraction of sp³-hybridized carbons (Fsp3) is 0.143. The highest BCUT2D eigenvalue weighted by molar-refractivity contribution is 7.90. The van der Waals surface area contributed by atoms with Crippen molar-refractivity contribution in [1.29, 1.82) is 0 Å². The average molecular weight is 455 g/mol. The van der Waals surface area contributed by atoms with Gasteiger partial charge in [0.05, 0.1) is 18.4 Å². The number of fused-ring (bicyclic) bond motifs is 1. The van der Waals surface area contributed by atoms with E-state index in [1.807, 2.05) is 0 Å². The minimum Gasteiger partial charge on any atom is -0.493 e. The summed E-state index contributed by atoms with van der Waals surface area (Å²) in [5, 5.41) is 10.5. The summed E-state index contributed by atoms with van der Waals surface area (Å²) in [5.41, 5.74) is -0.103. The molecule has 0 aliphatic rings. The predicted molar refractivity (Wildman–Crippen MR) is 114 cm³/mol. The molecular formula is C21H17N3O7S. The molecule has 0 radical (unpaired) electrons. The second-order valence-corrected chi connectivity index (χ2v) is 8.89. The van der Waals surface area contributed by atoms with Crippen molar-refractivity contribution >= 4 is 32.7 Å². The summed E-state index contributed by atoms with van der Waals surface area (Å²) < 4.78 is 38.9. The summed E-state index contributed by atoms with van der Waals surface area (Å²) in [4.78, 5) is 25.0. The quantitative estimate of drug-likeness (QED) is 0.434. The summed E-state index contributed by atoms with van der Waals surface area (Å²) in [6, 6.07) is 12.4. The number of para-hydroxylation sites is 1. The minimum atomic E-state index is -3.29. The molecule has 0 saturated carbocycles. The topological polar surface area (TPSA) is 142 Å². The molecule has 0 unspecified atom stereocenters. The fourth-order valence-electron chi connectivity index (χ4n) is 3.01. The van der Waals surface area contributed by atoms with Crippen LogP contribution in [0.25, 0.3) is 11.0 Å². The number of hydrogen-bond donors (Lipinski definition) is 1. The van der Waals surface area contributed by atoms with Gasteiger partial charge in [-0.25, -0.2) is 13.2 Å². The molecule has 11 heteroatoms. The zero-order chi connectivity index (χ0) is 22.9. The van der Waals surface area contributed by atoms with Gasteiger partial charge < -0.3 is 13.6 Å². The SMILES string of the molecule is COc1cccc2cc(C(=O)Nc3nnc(Cc4ccc(S(C)(=O)=O)cc4)o3)c(=O)oc12. The Morgan fingerprint density at radius 2 is 1.84 bits per heavy atom. The van der Waals surface area contributed by atoms with Crippen LogP contribution in [0.15, 0.2) is 67.1 Å². The highest BCUT2D eigenvalue weighted by Crippen LogP contribution is 2.24. The largest absolute Gasteiger partial charge is 0.493 e. The molecule has 10 nitrogen and oxygen atoms in total. The molecule has 2 aromatic carbocycles. The number of ether oxygens (including phenoxy) is 1. The Morgan fingerprint density at radius 3 is 2.53 bits per heavy atom. The first-order valence-electron chi connectivity index (χ1n) is 9.28. The third-order valence-electron chi connectivity index (χ3n) is 4.58. The third-order valence-corrected chi connectivity index (χ3v) is 5.71. The van der Waals surface area contributed by atoms with Gasteiger partial charge in [0, 0.05) is 11.6 Å². The third kappa shape index (κ3) is 4.37. The molecule has 0 aliphatic carbocycles. The van der Waals surface area contributed by atoms with Crippen LogP contribution in [0.3, 0.4) is 0 Å².